The van der Waals surface area contributed by atoms with Crippen LogP contribution in [0, 0.1) is 10.1 Å². The number of nitrogens with zero attached hydrogens (tertiary/aromatic N) is 5. The summed E-state index contributed by atoms with van der Waals surface area (Å²) < 4.78 is 36.2. The van der Waals surface area contributed by atoms with Crippen molar-refractivity contribution in [1.29, 1.82) is 0 Å². The van der Waals surface area contributed by atoms with Gasteiger partial charge in [0.2, 0.25) is 0 Å². The number of nitro groups is 1. The van der Waals surface area contributed by atoms with E-state index < -0.39 is 28.7 Å². The lowest BCUT2D eigenvalue weighted by Gasteiger charge is -2.11. The summed E-state index contributed by atoms with van der Waals surface area (Å²) >= 11 is 0. The molecule has 0 N–H and O–H groups in total. The molecule has 0 saturated heterocycles. The zero-order chi connectivity index (χ0) is 20.3. The van der Waals surface area contributed by atoms with E-state index in [0.717, 1.165) is 21.5 Å². The quantitative estimate of drug-likeness (QED) is 0.445. The Morgan fingerprint density at radius 3 is 2.50 bits per heavy atom. The van der Waals surface area contributed by atoms with Gasteiger partial charge < -0.3 is 9.47 Å². The lowest BCUT2D eigenvalue weighted by molar-refractivity contribution is -0.385. The Hall–Kier alpha value is -3.83. The molecule has 1 heterocycles. The van der Waals surface area contributed by atoms with Crippen molar-refractivity contribution in [3.05, 3.63) is 68.6 Å². The number of halogens is 2. The average Bonchev–Trinajstić information content (AvgIpc) is 3.03. The first kappa shape index (κ1) is 18.9. The average molecular weight is 393 g/mol. The molecular formula is C16H13F2N5O5. The van der Waals surface area contributed by atoms with E-state index in [1.54, 1.807) is 30.3 Å². The first-order valence-electron chi connectivity index (χ1n) is 7.79. The Morgan fingerprint density at radius 2 is 1.89 bits per heavy atom. The van der Waals surface area contributed by atoms with Crippen LogP contribution < -0.4 is 15.2 Å². The van der Waals surface area contributed by atoms with Crippen LogP contribution in [0.15, 0.2) is 47.3 Å². The second kappa shape index (κ2) is 7.82. The molecule has 0 radical (unpaired) electrons. The van der Waals surface area contributed by atoms with E-state index in [1.165, 1.54) is 7.11 Å². The number of rotatable bonds is 7. The molecule has 0 aliphatic heterocycles. The predicted octanol–water partition coefficient (Wildman–Crippen LogP) is 2.00. The maximum Gasteiger partial charge on any atom is 0.387 e. The lowest BCUT2D eigenvalue weighted by atomic mass is 10.1. The van der Waals surface area contributed by atoms with Crippen LogP contribution >= 0.6 is 0 Å². The van der Waals surface area contributed by atoms with Gasteiger partial charge in [0.15, 0.2) is 11.5 Å². The molecule has 0 aliphatic rings. The first-order valence-corrected chi connectivity index (χ1v) is 7.79. The molecule has 28 heavy (non-hydrogen) atoms. The number of alkyl halides is 2. The molecule has 0 fully saturated rings. The summed E-state index contributed by atoms with van der Waals surface area (Å²) in [6, 6.07) is 10.4. The number of tetrazole rings is 1. The van der Waals surface area contributed by atoms with E-state index in [2.05, 4.69) is 15.2 Å². The molecule has 0 spiro atoms. The van der Waals surface area contributed by atoms with Gasteiger partial charge in [-0.3, -0.25) is 10.1 Å². The Balaban J connectivity index is 2.01. The van der Waals surface area contributed by atoms with Crippen molar-refractivity contribution >= 4 is 5.69 Å². The number of hydrogen-bond acceptors (Lipinski definition) is 7. The van der Waals surface area contributed by atoms with Crippen molar-refractivity contribution in [3.8, 4) is 17.2 Å². The summed E-state index contributed by atoms with van der Waals surface area (Å²) in [7, 11) is 1.20. The summed E-state index contributed by atoms with van der Waals surface area (Å²) in [5.74, 6) is -0.641. The van der Waals surface area contributed by atoms with Crippen LogP contribution in [0.1, 0.15) is 5.56 Å². The summed E-state index contributed by atoms with van der Waals surface area (Å²) in [6.45, 7) is -3.51. The van der Waals surface area contributed by atoms with Crippen LogP contribution in [0.3, 0.4) is 0 Å². The highest BCUT2D eigenvalue weighted by molar-refractivity contribution is 5.54. The largest absolute Gasteiger partial charge is 0.493 e. The van der Waals surface area contributed by atoms with Gasteiger partial charge in [-0.1, -0.05) is 18.2 Å². The van der Waals surface area contributed by atoms with Crippen LogP contribution in [-0.2, 0) is 6.54 Å². The number of aromatic nitrogens is 4. The van der Waals surface area contributed by atoms with Crippen LogP contribution in [0.2, 0.25) is 0 Å². The van der Waals surface area contributed by atoms with Gasteiger partial charge in [-0.05, 0) is 28.6 Å². The third-order valence-corrected chi connectivity index (χ3v) is 3.74. The lowest BCUT2D eigenvalue weighted by Crippen LogP contribution is -2.25. The highest BCUT2D eigenvalue weighted by Crippen LogP contribution is 2.35. The number of methoxy groups -OCH3 is 1. The summed E-state index contributed by atoms with van der Waals surface area (Å²) in [6.07, 6.45) is 0. The fraction of sp³-hybridized carbons (Fsp3) is 0.188. The highest BCUT2D eigenvalue weighted by atomic mass is 19.3. The van der Waals surface area contributed by atoms with Gasteiger partial charge in [-0.15, -0.1) is 0 Å². The molecule has 0 saturated carbocycles. The molecule has 12 heteroatoms. The van der Waals surface area contributed by atoms with Gasteiger partial charge in [-0.2, -0.15) is 18.1 Å². The standard InChI is InChI=1S/C16H13F2N5O5/c1-27-13-7-10(12(23(25)26)8-14(13)28-15(17)18)9-21-16(24)22(20-19-21)11-5-3-2-4-6-11/h2-8,15H,9H2,1H3. The second-order valence-corrected chi connectivity index (χ2v) is 5.43. The Bertz CT molecular complexity index is 1050. The SMILES string of the molecule is COc1cc(Cn2nnn(-c3ccccc3)c2=O)c([N+](=O)[O-])cc1OC(F)F. The van der Waals surface area contributed by atoms with Crippen molar-refractivity contribution in [2.24, 2.45) is 0 Å². The molecule has 0 aliphatic carbocycles. The maximum absolute atomic E-state index is 12.5. The van der Waals surface area contributed by atoms with Gasteiger partial charge in [-0.25, -0.2) is 4.79 Å². The minimum Gasteiger partial charge on any atom is -0.493 e. The van der Waals surface area contributed by atoms with Crippen molar-refractivity contribution in [2.75, 3.05) is 7.11 Å². The van der Waals surface area contributed by atoms with Crippen LogP contribution in [0.4, 0.5) is 14.5 Å². The molecule has 0 bridgehead atoms. The van der Waals surface area contributed by atoms with Gasteiger partial charge in [0.25, 0.3) is 5.69 Å². The van der Waals surface area contributed by atoms with Gasteiger partial charge in [0.1, 0.15) is 0 Å². The van der Waals surface area contributed by atoms with Gasteiger partial charge >= 0.3 is 12.3 Å². The Labute approximate surface area is 155 Å². The van der Waals surface area contributed by atoms with E-state index in [-0.39, 0.29) is 17.9 Å². The van der Waals surface area contributed by atoms with Crippen LogP contribution in [0.5, 0.6) is 11.5 Å². The fourth-order valence-electron chi connectivity index (χ4n) is 2.50. The van der Waals surface area contributed by atoms with E-state index in [0.29, 0.717) is 5.69 Å². The molecular weight excluding hydrogens is 380 g/mol. The van der Waals surface area contributed by atoms with Crippen molar-refractivity contribution < 1.29 is 23.2 Å². The molecule has 3 rings (SSSR count). The number of benzene rings is 2. The molecule has 3 aromatic rings. The highest BCUT2D eigenvalue weighted by Gasteiger charge is 2.23. The van der Waals surface area contributed by atoms with Crippen LogP contribution in [0.25, 0.3) is 5.69 Å². The molecule has 0 atom stereocenters. The molecule has 0 unspecified atom stereocenters. The molecule has 146 valence electrons. The zero-order valence-electron chi connectivity index (χ0n) is 14.4. The molecule has 10 nitrogen and oxygen atoms in total. The Kier molecular flexibility index (Phi) is 5.29. The Morgan fingerprint density at radius 1 is 1.18 bits per heavy atom. The number of hydrogen-bond donors (Lipinski definition) is 0. The van der Waals surface area contributed by atoms with Crippen molar-refractivity contribution in [1.82, 2.24) is 19.8 Å². The number of para-hydroxylation sites is 1. The third-order valence-electron chi connectivity index (χ3n) is 3.74. The fourth-order valence-corrected chi connectivity index (χ4v) is 2.50. The van der Waals surface area contributed by atoms with E-state index in [4.69, 9.17) is 4.74 Å². The third kappa shape index (κ3) is 3.79. The van der Waals surface area contributed by atoms with E-state index in [1.807, 2.05) is 0 Å². The van der Waals surface area contributed by atoms with Gasteiger partial charge in [0, 0.05) is 0 Å². The summed E-state index contributed by atoms with van der Waals surface area (Å²) in [5.41, 5.74) is -0.692. The summed E-state index contributed by atoms with van der Waals surface area (Å²) in [5, 5.41) is 18.8. The van der Waals surface area contributed by atoms with E-state index >= 15 is 0 Å². The molecule has 1 aromatic heterocycles. The zero-order valence-corrected chi connectivity index (χ0v) is 14.4. The van der Waals surface area contributed by atoms with Crippen LogP contribution in [-0.4, -0.2) is 38.4 Å². The van der Waals surface area contributed by atoms with Crippen molar-refractivity contribution in [3.63, 3.8) is 0 Å². The topological polar surface area (TPSA) is 114 Å². The van der Waals surface area contributed by atoms with Gasteiger partial charge in [0.05, 0.1) is 35.9 Å². The normalized spacial score (nSPS) is 10.9. The monoisotopic (exact) mass is 393 g/mol. The smallest absolute Gasteiger partial charge is 0.387 e. The molecule has 2 aromatic carbocycles. The minimum absolute atomic E-state index is 0.00526. The second-order valence-electron chi connectivity index (χ2n) is 5.43. The first-order chi connectivity index (χ1) is 13.4. The number of ether oxygens (including phenoxy) is 2. The molecule has 0 amide bonds. The predicted molar refractivity (Wildman–Crippen MR) is 91.0 cm³/mol. The number of nitro benzene ring substituents is 1. The maximum atomic E-state index is 12.5. The van der Waals surface area contributed by atoms with Crippen molar-refractivity contribution in [2.45, 2.75) is 13.2 Å². The summed E-state index contributed by atoms with van der Waals surface area (Å²) in [4.78, 5) is 23.1. The van der Waals surface area contributed by atoms with E-state index in [9.17, 15) is 23.7 Å². The minimum atomic E-state index is -3.19.